The average molecular weight is 416 g/mol. The molecule has 1 fully saturated rings. The van der Waals surface area contributed by atoms with E-state index in [1.807, 2.05) is 24.4 Å². The van der Waals surface area contributed by atoms with Crippen molar-refractivity contribution in [3.05, 3.63) is 70.3 Å². The third-order valence-corrected chi connectivity index (χ3v) is 6.28. The van der Waals surface area contributed by atoms with E-state index in [0.717, 1.165) is 37.7 Å². The van der Waals surface area contributed by atoms with Crippen molar-refractivity contribution in [3.63, 3.8) is 0 Å². The van der Waals surface area contributed by atoms with Crippen LogP contribution in [0.3, 0.4) is 0 Å². The van der Waals surface area contributed by atoms with Gasteiger partial charge in [-0.1, -0.05) is 30.3 Å². The van der Waals surface area contributed by atoms with Crippen molar-refractivity contribution in [2.24, 2.45) is 0 Å². The van der Waals surface area contributed by atoms with Crippen LogP contribution >= 0.6 is 11.8 Å². The molecule has 9 heteroatoms. The van der Waals surface area contributed by atoms with Crippen LogP contribution in [0, 0.1) is 0 Å². The number of carboxylic acid groups (broad SMARTS) is 1. The number of hydrogen-bond acceptors (Lipinski definition) is 6. The molecule has 0 N–H and O–H groups in total. The zero-order chi connectivity index (χ0) is 19.3. The maximum Gasteiger partial charge on any atom is 1.00 e. The Morgan fingerprint density at radius 3 is 2.83 bits per heavy atom. The Morgan fingerprint density at radius 1 is 1.28 bits per heavy atom. The number of carbonyl (C=O) groups excluding carboxylic acids is 2. The predicted octanol–water partition coefficient (Wildman–Crippen LogP) is -2.21. The number of rotatable bonds is 4. The number of carbonyl (C=O) groups is 2. The van der Waals surface area contributed by atoms with E-state index in [9.17, 15) is 14.7 Å². The van der Waals surface area contributed by atoms with E-state index in [4.69, 9.17) is 0 Å². The average Bonchev–Trinajstić information content (AvgIpc) is 3.28. The van der Waals surface area contributed by atoms with Gasteiger partial charge in [-0.3, -0.25) is 14.6 Å². The Kier molecular flexibility index (Phi) is 5.72. The van der Waals surface area contributed by atoms with E-state index in [1.165, 1.54) is 27.6 Å². The second-order valence-electron chi connectivity index (χ2n) is 7.03. The standard InChI is InChI=1S/C20H18N4O3S.Na/c25-18-15(19-24(18)16(12-28-19)20(26)27)8-14-10-23-7-6-22(11-17(23)21-14)9-13-4-2-1-3-5-13;/h1-5,8,10,12,19H,6-7,9,11H2,(H,26,27);/q;+1/p-1/b15-8-;. The van der Waals surface area contributed by atoms with Gasteiger partial charge in [-0.15, -0.1) is 11.8 Å². The molecule has 29 heavy (non-hydrogen) atoms. The molecule has 4 heterocycles. The molecule has 5 rings (SSSR count). The molecule has 1 unspecified atom stereocenters. The third kappa shape index (κ3) is 3.71. The van der Waals surface area contributed by atoms with Crippen LogP contribution in [0.4, 0.5) is 0 Å². The number of fused-ring (bicyclic) bond motifs is 2. The topological polar surface area (TPSA) is 81.5 Å². The normalized spacial score (nSPS) is 21.9. The number of hydrogen-bond donors (Lipinski definition) is 0. The van der Waals surface area contributed by atoms with Gasteiger partial charge in [0.05, 0.1) is 29.5 Å². The second kappa shape index (κ2) is 8.12. The maximum atomic E-state index is 12.3. The van der Waals surface area contributed by atoms with E-state index in [-0.39, 0.29) is 46.5 Å². The Bertz CT molecular complexity index is 1030. The van der Waals surface area contributed by atoms with Crippen LogP contribution in [0.2, 0.25) is 0 Å². The number of amides is 1. The van der Waals surface area contributed by atoms with Crippen LogP contribution in [0.25, 0.3) is 6.08 Å². The number of imidazole rings is 1. The van der Waals surface area contributed by atoms with Gasteiger partial charge in [0.15, 0.2) is 0 Å². The Labute approximate surface area is 194 Å². The number of aliphatic carboxylic acids is 1. The van der Waals surface area contributed by atoms with Gasteiger partial charge in [-0.2, -0.15) is 0 Å². The molecule has 142 valence electrons. The summed E-state index contributed by atoms with van der Waals surface area (Å²) in [6.07, 6.45) is 3.74. The van der Waals surface area contributed by atoms with Crippen LogP contribution in [-0.2, 0) is 29.2 Å². The van der Waals surface area contributed by atoms with E-state index in [2.05, 4.69) is 26.6 Å². The molecule has 1 aromatic carbocycles. The Balaban J connectivity index is 0.00000205. The molecule has 0 bridgehead atoms. The van der Waals surface area contributed by atoms with Gasteiger partial charge in [0.2, 0.25) is 0 Å². The molecule has 3 aliphatic rings. The van der Waals surface area contributed by atoms with Gasteiger partial charge in [-0.05, 0) is 17.0 Å². The van der Waals surface area contributed by atoms with Crippen LogP contribution in [-0.4, -0.2) is 43.1 Å². The fraction of sp³-hybridized carbons (Fsp3) is 0.250. The monoisotopic (exact) mass is 416 g/mol. The first kappa shape index (κ1) is 20.4. The zero-order valence-corrected chi connectivity index (χ0v) is 18.8. The summed E-state index contributed by atoms with van der Waals surface area (Å²) in [4.78, 5) is 31.7. The molecule has 1 atom stereocenters. The first-order valence-corrected chi connectivity index (χ1v) is 9.99. The first-order chi connectivity index (χ1) is 13.6. The molecule has 1 saturated heterocycles. The minimum atomic E-state index is -1.32. The maximum absolute atomic E-state index is 12.3. The molecule has 0 spiro atoms. The quantitative estimate of drug-likeness (QED) is 0.320. The molecule has 1 amide bonds. The number of thioether (sulfide) groups is 1. The van der Waals surface area contributed by atoms with Gasteiger partial charge >= 0.3 is 29.6 Å². The van der Waals surface area contributed by atoms with E-state index in [0.29, 0.717) is 5.57 Å². The summed E-state index contributed by atoms with van der Waals surface area (Å²) in [5.74, 6) is -0.634. The summed E-state index contributed by atoms with van der Waals surface area (Å²) >= 11 is 1.31. The summed E-state index contributed by atoms with van der Waals surface area (Å²) in [7, 11) is 0. The molecule has 0 saturated carbocycles. The van der Waals surface area contributed by atoms with Gasteiger partial charge < -0.3 is 14.5 Å². The Hall–Kier alpha value is -1.84. The van der Waals surface area contributed by atoms with Gasteiger partial charge in [0.25, 0.3) is 5.91 Å². The van der Waals surface area contributed by atoms with Crippen LogP contribution in [0.15, 0.2) is 53.2 Å². The fourth-order valence-electron chi connectivity index (χ4n) is 3.79. The van der Waals surface area contributed by atoms with E-state index in [1.54, 1.807) is 6.08 Å². The number of benzene rings is 1. The van der Waals surface area contributed by atoms with Gasteiger partial charge in [0, 0.05) is 25.8 Å². The van der Waals surface area contributed by atoms with Crippen LogP contribution in [0.5, 0.6) is 0 Å². The van der Waals surface area contributed by atoms with Crippen LogP contribution in [0.1, 0.15) is 17.1 Å². The first-order valence-electron chi connectivity index (χ1n) is 9.04. The fourth-order valence-corrected chi connectivity index (χ4v) is 4.90. The van der Waals surface area contributed by atoms with Crippen molar-refractivity contribution < 1.29 is 44.3 Å². The van der Waals surface area contributed by atoms with Gasteiger partial charge in [0.1, 0.15) is 11.2 Å². The van der Waals surface area contributed by atoms with Crippen LogP contribution < -0.4 is 34.7 Å². The second-order valence-corrected chi connectivity index (χ2v) is 7.98. The van der Waals surface area contributed by atoms with Crippen molar-refractivity contribution in [2.45, 2.75) is 25.0 Å². The van der Waals surface area contributed by atoms with E-state index < -0.39 is 5.97 Å². The number of nitrogens with zero attached hydrogens (tertiary/aromatic N) is 4. The number of β-lactam (4-membered cyclic amide) rings is 1. The minimum Gasteiger partial charge on any atom is -0.543 e. The third-order valence-electron chi connectivity index (χ3n) is 5.20. The summed E-state index contributed by atoms with van der Waals surface area (Å²) in [6, 6.07) is 10.4. The van der Waals surface area contributed by atoms with Gasteiger partial charge in [-0.25, -0.2) is 4.98 Å². The predicted molar refractivity (Wildman–Crippen MR) is 102 cm³/mol. The summed E-state index contributed by atoms with van der Waals surface area (Å²) in [6.45, 7) is 3.44. The largest absolute Gasteiger partial charge is 1.00 e. The summed E-state index contributed by atoms with van der Waals surface area (Å²) in [5, 5.41) is 12.3. The summed E-state index contributed by atoms with van der Waals surface area (Å²) < 4.78 is 2.13. The molecule has 7 nitrogen and oxygen atoms in total. The van der Waals surface area contributed by atoms with E-state index >= 15 is 0 Å². The van der Waals surface area contributed by atoms with Crippen molar-refractivity contribution in [3.8, 4) is 0 Å². The molecule has 0 aliphatic carbocycles. The minimum absolute atomic E-state index is 0. The number of aromatic nitrogens is 2. The number of carboxylic acids is 1. The van der Waals surface area contributed by atoms with Crippen molar-refractivity contribution >= 4 is 29.7 Å². The molecule has 2 aromatic rings. The molecule has 0 radical (unpaired) electrons. The molecular formula is C20H17N4NaO3S. The van der Waals surface area contributed by atoms with Crippen molar-refractivity contribution in [1.82, 2.24) is 19.4 Å². The Morgan fingerprint density at radius 2 is 2.07 bits per heavy atom. The molecule has 1 aromatic heterocycles. The SMILES string of the molecule is O=C([O-])C1=CSC2/C(=C\c3cn4c(n3)CN(Cc3ccccc3)CC4)C(=O)N12.[Na+]. The van der Waals surface area contributed by atoms with Crippen molar-refractivity contribution in [2.75, 3.05) is 6.54 Å². The van der Waals surface area contributed by atoms with Crippen molar-refractivity contribution in [1.29, 1.82) is 0 Å². The summed E-state index contributed by atoms with van der Waals surface area (Å²) in [5.41, 5.74) is 2.54. The molecule has 3 aliphatic heterocycles. The zero-order valence-electron chi connectivity index (χ0n) is 15.9. The molecular weight excluding hydrogens is 399 g/mol. The smallest absolute Gasteiger partial charge is 0.543 e.